The average Bonchev–Trinajstić information content (AvgIpc) is 2.37. The molecule has 1 unspecified atom stereocenters. The molecule has 1 atom stereocenters. The van der Waals surface area contributed by atoms with Gasteiger partial charge in [0, 0.05) is 19.6 Å². The summed E-state index contributed by atoms with van der Waals surface area (Å²) in [5.41, 5.74) is 0. The van der Waals surface area contributed by atoms with E-state index in [-0.39, 0.29) is 5.91 Å². The zero-order valence-electron chi connectivity index (χ0n) is 12.7. The molecule has 0 aliphatic heterocycles. The van der Waals surface area contributed by atoms with Crippen LogP contribution in [0, 0.1) is 5.92 Å². The van der Waals surface area contributed by atoms with Crippen molar-refractivity contribution < 1.29 is 14.7 Å². The molecule has 1 N–H and O–H groups in total. The van der Waals surface area contributed by atoms with Crippen LogP contribution in [-0.2, 0) is 9.59 Å². The number of rotatable bonds is 10. The molecule has 0 aromatic rings. The second-order valence-corrected chi connectivity index (χ2v) is 4.95. The molecule has 0 aliphatic carbocycles. The minimum absolute atomic E-state index is 0.100. The predicted octanol–water partition coefficient (Wildman–Crippen LogP) is 1.68. The van der Waals surface area contributed by atoms with Crippen LogP contribution in [0.2, 0.25) is 0 Å². The molecule has 19 heavy (non-hydrogen) atoms. The first-order chi connectivity index (χ1) is 8.96. The van der Waals surface area contributed by atoms with Crippen molar-refractivity contribution >= 4 is 11.9 Å². The van der Waals surface area contributed by atoms with Crippen molar-refractivity contribution in [1.82, 2.24) is 9.80 Å². The lowest BCUT2D eigenvalue weighted by atomic mass is 10.1. The van der Waals surface area contributed by atoms with Gasteiger partial charge in [0.2, 0.25) is 5.91 Å². The van der Waals surface area contributed by atoms with Crippen molar-refractivity contribution in [3.63, 3.8) is 0 Å². The highest BCUT2D eigenvalue weighted by Gasteiger charge is 2.19. The van der Waals surface area contributed by atoms with Gasteiger partial charge in [-0.05, 0) is 19.4 Å². The number of hydrogen-bond acceptors (Lipinski definition) is 3. The maximum absolute atomic E-state index is 12.2. The van der Waals surface area contributed by atoms with Gasteiger partial charge >= 0.3 is 5.97 Å². The number of carbonyl (C=O) groups is 2. The lowest BCUT2D eigenvalue weighted by Crippen LogP contribution is -2.43. The van der Waals surface area contributed by atoms with E-state index in [0.29, 0.717) is 19.6 Å². The van der Waals surface area contributed by atoms with Crippen molar-refractivity contribution in [2.45, 2.75) is 40.5 Å². The molecule has 0 spiro atoms. The minimum atomic E-state index is -0.815. The topological polar surface area (TPSA) is 60.9 Å². The molecule has 0 aliphatic rings. The van der Waals surface area contributed by atoms with E-state index < -0.39 is 11.9 Å². The summed E-state index contributed by atoms with van der Waals surface area (Å²) in [4.78, 5) is 26.8. The Balaban J connectivity index is 4.41. The number of likely N-dealkylation sites (N-methyl/N-ethyl adjacent to an activating group) is 1. The van der Waals surface area contributed by atoms with Crippen molar-refractivity contribution in [3.8, 4) is 0 Å². The molecular formula is C14H28N2O3. The Hall–Kier alpha value is -1.10. The molecule has 112 valence electrons. The normalized spacial score (nSPS) is 12.5. The van der Waals surface area contributed by atoms with Gasteiger partial charge in [0.1, 0.15) is 0 Å². The summed E-state index contributed by atoms with van der Waals surface area (Å²) < 4.78 is 0. The lowest BCUT2D eigenvalue weighted by molar-refractivity contribution is -0.142. The van der Waals surface area contributed by atoms with Crippen LogP contribution in [0.3, 0.4) is 0 Å². The van der Waals surface area contributed by atoms with Gasteiger partial charge in [-0.15, -0.1) is 0 Å². The Morgan fingerprint density at radius 1 is 1.11 bits per heavy atom. The largest absolute Gasteiger partial charge is 0.481 e. The molecule has 0 saturated heterocycles. The molecule has 0 bridgehead atoms. The third kappa shape index (κ3) is 7.15. The Kier molecular flexibility index (Phi) is 9.21. The van der Waals surface area contributed by atoms with Gasteiger partial charge in [-0.3, -0.25) is 14.5 Å². The first-order valence-corrected chi connectivity index (χ1v) is 7.19. The second-order valence-electron chi connectivity index (χ2n) is 4.95. The van der Waals surface area contributed by atoms with Gasteiger partial charge in [0.05, 0.1) is 12.5 Å². The molecule has 0 rings (SSSR count). The number of aliphatic carboxylic acids is 1. The van der Waals surface area contributed by atoms with E-state index in [4.69, 9.17) is 5.11 Å². The third-order valence-corrected chi connectivity index (χ3v) is 3.10. The maximum Gasteiger partial charge on any atom is 0.307 e. The molecule has 5 nitrogen and oxygen atoms in total. The van der Waals surface area contributed by atoms with Gasteiger partial charge in [0.15, 0.2) is 0 Å². The highest BCUT2D eigenvalue weighted by Crippen LogP contribution is 2.03. The van der Waals surface area contributed by atoms with Crippen molar-refractivity contribution in [3.05, 3.63) is 0 Å². The number of nitrogens with zero attached hydrogens (tertiary/aromatic N) is 2. The van der Waals surface area contributed by atoms with Gasteiger partial charge in [-0.1, -0.05) is 27.7 Å². The van der Waals surface area contributed by atoms with E-state index in [1.165, 1.54) is 0 Å². The highest BCUT2D eigenvalue weighted by atomic mass is 16.4. The molecule has 1 amide bonds. The Morgan fingerprint density at radius 2 is 1.63 bits per heavy atom. The fourth-order valence-corrected chi connectivity index (χ4v) is 1.96. The first-order valence-electron chi connectivity index (χ1n) is 7.19. The summed E-state index contributed by atoms with van der Waals surface area (Å²) in [7, 11) is 0. The van der Waals surface area contributed by atoms with Crippen LogP contribution < -0.4 is 0 Å². The standard InChI is InChI=1S/C14H28N2O3/c1-5-8-16(9-6-2)13(17)11-15(7-3)10-12(4)14(18)19/h12H,5-11H2,1-4H3,(H,18,19). The maximum atomic E-state index is 12.2. The highest BCUT2D eigenvalue weighted by molar-refractivity contribution is 5.78. The van der Waals surface area contributed by atoms with E-state index in [1.807, 2.05) is 16.7 Å². The van der Waals surface area contributed by atoms with Gasteiger partial charge in [-0.2, -0.15) is 0 Å². The molecule has 0 aromatic carbocycles. The lowest BCUT2D eigenvalue weighted by Gasteiger charge is -2.27. The number of carbonyl (C=O) groups excluding carboxylic acids is 1. The minimum Gasteiger partial charge on any atom is -0.481 e. The van der Waals surface area contributed by atoms with Crippen LogP contribution in [0.5, 0.6) is 0 Å². The number of carboxylic acids is 1. The Morgan fingerprint density at radius 3 is 2.00 bits per heavy atom. The fourth-order valence-electron chi connectivity index (χ4n) is 1.96. The SMILES string of the molecule is CCCN(CCC)C(=O)CN(CC)CC(C)C(=O)O. The van der Waals surface area contributed by atoms with Crippen LogP contribution in [0.4, 0.5) is 0 Å². The summed E-state index contributed by atoms with van der Waals surface area (Å²) in [5.74, 6) is -1.16. The van der Waals surface area contributed by atoms with Crippen LogP contribution >= 0.6 is 0 Å². The number of hydrogen-bond donors (Lipinski definition) is 1. The zero-order chi connectivity index (χ0) is 14.8. The molecule has 0 fully saturated rings. The Labute approximate surface area is 116 Å². The molecule has 0 aromatic heterocycles. The van der Waals surface area contributed by atoms with E-state index in [1.54, 1.807) is 6.92 Å². The quantitative estimate of drug-likeness (QED) is 0.657. The molecular weight excluding hydrogens is 244 g/mol. The smallest absolute Gasteiger partial charge is 0.307 e. The molecule has 5 heteroatoms. The summed E-state index contributed by atoms with van der Waals surface area (Å²) in [6.45, 7) is 10.7. The summed E-state index contributed by atoms with van der Waals surface area (Å²) in [6, 6.07) is 0. The van der Waals surface area contributed by atoms with Gasteiger partial charge in [-0.25, -0.2) is 0 Å². The van der Waals surface area contributed by atoms with Crippen LogP contribution in [-0.4, -0.2) is 59.5 Å². The predicted molar refractivity (Wildman–Crippen MR) is 76.1 cm³/mol. The molecule has 0 radical (unpaired) electrons. The van der Waals surface area contributed by atoms with E-state index >= 15 is 0 Å². The van der Waals surface area contributed by atoms with Gasteiger partial charge in [0.25, 0.3) is 0 Å². The van der Waals surface area contributed by atoms with Gasteiger partial charge < -0.3 is 10.0 Å². The Bertz CT molecular complexity index is 276. The summed E-state index contributed by atoms with van der Waals surface area (Å²) in [5, 5.41) is 8.92. The monoisotopic (exact) mass is 272 g/mol. The van der Waals surface area contributed by atoms with E-state index in [0.717, 1.165) is 25.9 Å². The van der Waals surface area contributed by atoms with Crippen LogP contribution in [0.1, 0.15) is 40.5 Å². The van der Waals surface area contributed by atoms with Crippen molar-refractivity contribution in [2.24, 2.45) is 5.92 Å². The van der Waals surface area contributed by atoms with E-state index in [2.05, 4.69) is 13.8 Å². The van der Waals surface area contributed by atoms with Crippen molar-refractivity contribution in [1.29, 1.82) is 0 Å². The molecule has 0 saturated carbocycles. The molecule has 0 heterocycles. The zero-order valence-corrected chi connectivity index (χ0v) is 12.7. The average molecular weight is 272 g/mol. The first kappa shape index (κ1) is 17.9. The van der Waals surface area contributed by atoms with Crippen LogP contribution in [0.15, 0.2) is 0 Å². The summed E-state index contributed by atoms with van der Waals surface area (Å²) in [6.07, 6.45) is 1.90. The van der Waals surface area contributed by atoms with E-state index in [9.17, 15) is 9.59 Å². The fraction of sp³-hybridized carbons (Fsp3) is 0.857. The number of carboxylic acid groups (broad SMARTS) is 1. The van der Waals surface area contributed by atoms with Crippen LogP contribution in [0.25, 0.3) is 0 Å². The third-order valence-electron chi connectivity index (χ3n) is 3.10. The van der Waals surface area contributed by atoms with Crippen molar-refractivity contribution in [2.75, 3.05) is 32.7 Å². The second kappa shape index (κ2) is 9.78. The summed E-state index contributed by atoms with van der Waals surface area (Å²) >= 11 is 0. The number of amides is 1.